The zero-order valence-electron chi connectivity index (χ0n) is 14.1. The van der Waals surface area contributed by atoms with E-state index in [0.717, 1.165) is 6.20 Å². The molecular formula is C19H12FN3O4S. The van der Waals surface area contributed by atoms with Crippen LogP contribution in [0.25, 0.3) is 21.9 Å². The number of hydrogen-bond donors (Lipinski definition) is 3. The third kappa shape index (κ3) is 2.76. The summed E-state index contributed by atoms with van der Waals surface area (Å²) in [7, 11) is -4.27. The van der Waals surface area contributed by atoms with E-state index in [4.69, 9.17) is 5.26 Å². The Bertz CT molecular complexity index is 1310. The predicted octanol–water partition coefficient (Wildman–Crippen LogP) is 3.23. The van der Waals surface area contributed by atoms with E-state index in [-0.39, 0.29) is 5.39 Å². The van der Waals surface area contributed by atoms with E-state index in [0.29, 0.717) is 26.4 Å². The largest absolute Gasteiger partial charge is 0.506 e. The fourth-order valence-corrected chi connectivity index (χ4v) is 4.13. The molecule has 4 rings (SSSR count). The van der Waals surface area contributed by atoms with Gasteiger partial charge in [-0.15, -0.1) is 0 Å². The van der Waals surface area contributed by atoms with Crippen molar-refractivity contribution in [3.05, 3.63) is 72.0 Å². The standard InChI is InChI=1S/C19H12FN3O4S/c20-18-15-7-13(12-3-1-2-11(6-12)9-21)4-5-14(15)8-16(24)19(18)23-10-17(25)22-28(23,26)27/h1-8,10,22,24-25H. The number of rotatable bonds is 2. The van der Waals surface area contributed by atoms with Gasteiger partial charge in [-0.3, -0.25) is 0 Å². The van der Waals surface area contributed by atoms with Gasteiger partial charge in [0.05, 0.1) is 17.8 Å². The number of nitrogens with zero attached hydrogens (tertiary/aromatic N) is 2. The second kappa shape index (κ2) is 6.14. The quantitative estimate of drug-likeness (QED) is 0.614. The third-order valence-corrected chi connectivity index (χ3v) is 5.58. The lowest BCUT2D eigenvalue weighted by molar-refractivity contribution is 0.392. The molecule has 0 saturated heterocycles. The highest BCUT2D eigenvalue weighted by molar-refractivity contribution is 7.91. The van der Waals surface area contributed by atoms with Gasteiger partial charge in [0.1, 0.15) is 11.4 Å². The number of benzene rings is 3. The Labute approximate surface area is 159 Å². The van der Waals surface area contributed by atoms with Gasteiger partial charge in [0.25, 0.3) is 0 Å². The summed E-state index contributed by atoms with van der Waals surface area (Å²) in [6, 6.07) is 14.8. The van der Waals surface area contributed by atoms with Crippen LogP contribution in [0, 0.1) is 17.1 Å². The van der Waals surface area contributed by atoms with Crippen molar-refractivity contribution in [1.82, 2.24) is 4.72 Å². The zero-order chi connectivity index (χ0) is 20.1. The molecule has 7 nitrogen and oxygen atoms in total. The van der Waals surface area contributed by atoms with Crippen LogP contribution in [0.1, 0.15) is 5.56 Å². The summed E-state index contributed by atoms with van der Waals surface area (Å²) < 4.78 is 41.6. The number of hydrogen-bond acceptors (Lipinski definition) is 5. The number of aromatic hydroxyl groups is 1. The van der Waals surface area contributed by atoms with Crippen LogP contribution in [0.5, 0.6) is 5.75 Å². The molecule has 0 bridgehead atoms. The Morgan fingerprint density at radius 2 is 1.82 bits per heavy atom. The summed E-state index contributed by atoms with van der Waals surface area (Å²) in [4.78, 5) is 0. The van der Waals surface area contributed by atoms with Crippen LogP contribution in [0.3, 0.4) is 0 Å². The molecule has 0 unspecified atom stereocenters. The lowest BCUT2D eigenvalue weighted by Gasteiger charge is -2.18. The average Bonchev–Trinajstić information content (AvgIpc) is 2.93. The normalized spacial score (nSPS) is 15.1. The number of anilines is 1. The lowest BCUT2D eigenvalue weighted by Crippen LogP contribution is -2.30. The lowest BCUT2D eigenvalue weighted by atomic mass is 9.99. The molecule has 28 heavy (non-hydrogen) atoms. The number of halogens is 1. The van der Waals surface area contributed by atoms with Crippen LogP contribution < -0.4 is 9.03 Å². The summed E-state index contributed by atoms with van der Waals surface area (Å²) in [6.07, 6.45) is 0.763. The Balaban J connectivity index is 1.94. The van der Waals surface area contributed by atoms with Crippen LogP contribution in [-0.4, -0.2) is 18.6 Å². The summed E-state index contributed by atoms with van der Waals surface area (Å²) in [6.45, 7) is 0. The molecule has 1 aliphatic heterocycles. The van der Waals surface area contributed by atoms with Crippen LogP contribution >= 0.6 is 0 Å². The number of aliphatic hydroxyl groups excluding tert-OH is 1. The van der Waals surface area contributed by atoms with Gasteiger partial charge in [-0.05, 0) is 40.8 Å². The molecule has 9 heteroatoms. The fourth-order valence-electron chi connectivity index (χ4n) is 3.06. The molecule has 0 amide bonds. The van der Waals surface area contributed by atoms with Crippen LogP contribution in [-0.2, 0) is 10.2 Å². The zero-order valence-corrected chi connectivity index (χ0v) is 14.9. The van der Waals surface area contributed by atoms with E-state index in [9.17, 15) is 18.6 Å². The molecule has 0 saturated carbocycles. The minimum atomic E-state index is -4.27. The molecule has 1 aliphatic rings. The minimum Gasteiger partial charge on any atom is -0.506 e. The van der Waals surface area contributed by atoms with Gasteiger partial charge in [-0.2, -0.15) is 13.7 Å². The first-order valence-corrected chi connectivity index (χ1v) is 9.43. The van der Waals surface area contributed by atoms with E-state index in [1.54, 1.807) is 41.1 Å². The maximum atomic E-state index is 15.2. The van der Waals surface area contributed by atoms with Gasteiger partial charge in [-0.25, -0.2) is 13.4 Å². The number of nitrogens with one attached hydrogen (secondary N) is 1. The number of aliphatic hydroxyl groups is 1. The molecule has 0 aliphatic carbocycles. The fraction of sp³-hybridized carbons (Fsp3) is 0. The second-order valence-electron chi connectivity index (χ2n) is 6.10. The smallest absolute Gasteiger partial charge is 0.330 e. The topological polar surface area (TPSA) is 114 Å². The van der Waals surface area contributed by atoms with Gasteiger partial charge in [0.2, 0.25) is 5.88 Å². The van der Waals surface area contributed by atoms with Crippen molar-refractivity contribution in [3.63, 3.8) is 0 Å². The SMILES string of the molecule is N#Cc1cccc(-c2ccc3cc(O)c(N4C=C(O)NS4(=O)=O)c(F)c3c2)c1. The number of fused-ring (bicyclic) bond motifs is 1. The van der Waals surface area contributed by atoms with Crippen molar-refractivity contribution < 1.29 is 23.0 Å². The maximum absolute atomic E-state index is 15.2. The Kier molecular flexibility index (Phi) is 3.87. The first kappa shape index (κ1) is 17.6. The molecule has 0 atom stereocenters. The van der Waals surface area contributed by atoms with Crippen molar-refractivity contribution in [2.45, 2.75) is 0 Å². The maximum Gasteiger partial charge on any atom is 0.330 e. The van der Waals surface area contributed by atoms with Crippen molar-refractivity contribution in [1.29, 1.82) is 5.26 Å². The molecule has 0 aromatic heterocycles. The van der Waals surface area contributed by atoms with E-state index in [1.165, 1.54) is 12.1 Å². The first-order valence-electron chi connectivity index (χ1n) is 7.99. The second-order valence-corrected chi connectivity index (χ2v) is 7.65. The molecule has 0 radical (unpaired) electrons. The summed E-state index contributed by atoms with van der Waals surface area (Å²) in [5, 5.41) is 29.1. The minimum absolute atomic E-state index is 0.0719. The summed E-state index contributed by atoms with van der Waals surface area (Å²) in [5.41, 5.74) is 1.13. The highest BCUT2D eigenvalue weighted by Crippen LogP contribution is 2.40. The predicted molar refractivity (Wildman–Crippen MR) is 101 cm³/mol. The van der Waals surface area contributed by atoms with Crippen molar-refractivity contribution >= 4 is 26.7 Å². The molecule has 3 aromatic carbocycles. The molecule has 140 valence electrons. The van der Waals surface area contributed by atoms with Gasteiger partial charge in [0.15, 0.2) is 5.82 Å². The number of phenolic OH excluding ortho intramolecular Hbond substituents is 1. The van der Waals surface area contributed by atoms with E-state index in [1.807, 2.05) is 6.07 Å². The molecule has 1 heterocycles. The van der Waals surface area contributed by atoms with Crippen molar-refractivity contribution in [2.24, 2.45) is 0 Å². The highest BCUT2D eigenvalue weighted by atomic mass is 32.2. The van der Waals surface area contributed by atoms with Gasteiger partial charge in [0, 0.05) is 5.39 Å². The Morgan fingerprint density at radius 3 is 2.50 bits per heavy atom. The van der Waals surface area contributed by atoms with E-state index in [2.05, 4.69) is 0 Å². The number of phenols is 1. The summed E-state index contributed by atoms with van der Waals surface area (Å²) in [5.74, 6) is -2.26. The average molecular weight is 397 g/mol. The molecule has 3 aromatic rings. The summed E-state index contributed by atoms with van der Waals surface area (Å²) >= 11 is 0. The third-order valence-electron chi connectivity index (χ3n) is 4.31. The monoisotopic (exact) mass is 397 g/mol. The first-order chi connectivity index (χ1) is 13.3. The van der Waals surface area contributed by atoms with Gasteiger partial charge in [-0.1, -0.05) is 24.3 Å². The molecule has 3 N–H and O–H groups in total. The Morgan fingerprint density at radius 1 is 1.07 bits per heavy atom. The molecular weight excluding hydrogens is 385 g/mol. The van der Waals surface area contributed by atoms with E-state index >= 15 is 4.39 Å². The van der Waals surface area contributed by atoms with Crippen LogP contribution in [0.2, 0.25) is 0 Å². The van der Waals surface area contributed by atoms with Crippen molar-refractivity contribution in [2.75, 3.05) is 4.31 Å². The van der Waals surface area contributed by atoms with Crippen molar-refractivity contribution in [3.8, 4) is 22.9 Å². The molecule has 0 spiro atoms. The van der Waals surface area contributed by atoms with Gasteiger partial charge < -0.3 is 10.2 Å². The molecule has 0 fully saturated rings. The van der Waals surface area contributed by atoms with Crippen LogP contribution in [0.4, 0.5) is 10.1 Å². The Hall–Kier alpha value is -3.77. The van der Waals surface area contributed by atoms with Gasteiger partial charge >= 0.3 is 10.2 Å². The highest BCUT2D eigenvalue weighted by Gasteiger charge is 2.33. The number of nitriles is 1. The van der Waals surface area contributed by atoms with E-state index < -0.39 is 33.3 Å². The van der Waals surface area contributed by atoms with Crippen LogP contribution in [0.15, 0.2) is 60.6 Å².